The van der Waals surface area contributed by atoms with E-state index in [4.69, 9.17) is 4.42 Å². The van der Waals surface area contributed by atoms with Gasteiger partial charge in [-0.15, -0.1) is 0 Å². The predicted molar refractivity (Wildman–Crippen MR) is 138 cm³/mol. The SMILES string of the molecule is c1ccc2c(c1)Sc1cccc3c4cc(-c5ccc6oc7ccccc7c6c5)ccc4n-2c13. The molecule has 3 heterocycles. The molecule has 33 heavy (non-hydrogen) atoms. The zero-order valence-corrected chi connectivity index (χ0v) is 18.4. The van der Waals surface area contributed by atoms with Crippen molar-refractivity contribution >= 4 is 55.5 Å². The molecule has 2 nitrogen and oxygen atoms in total. The Kier molecular flexibility index (Phi) is 3.36. The van der Waals surface area contributed by atoms with Crippen molar-refractivity contribution in [2.75, 3.05) is 0 Å². The third-order valence-corrected chi connectivity index (χ3v) is 7.90. The largest absolute Gasteiger partial charge is 0.456 e. The monoisotopic (exact) mass is 439 g/mol. The fraction of sp³-hybridized carbons (Fsp3) is 0. The Morgan fingerprint density at radius 1 is 0.545 bits per heavy atom. The van der Waals surface area contributed by atoms with E-state index in [1.54, 1.807) is 0 Å². The van der Waals surface area contributed by atoms with Gasteiger partial charge in [0, 0.05) is 31.3 Å². The molecule has 0 N–H and O–H groups in total. The van der Waals surface area contributed by atoms with Gasteiger partial charge in [-0.25, -0.2) is 0 Å². The van der Waals surface area contributed by atoms with Gasteiger partial charge in [-0.2, -0.15) is 0 Å². The zero-order chi connectivity index (χ0) is 21.5. The van der Waals surface area contributed by atoms with Gasteiger partial charge in [-0.05, 0) is 59.7 Å². The molecule has 7 aromatic rings. The number of rotatable bonds is 1. The summed E-state index contributed by atoms with van der Waals surface area (Å²) in [5.41, 5.74) is 8.12. The summed E-state index contributed by atoms with van der Waals surface area (Å²) in [5, 5.41) is 4.92. The van der Waals surface area contributed by atoms with E-state index in [0.717, 1.165) is 21.9 Å². The third kappa shape index (κ3) is 2.35. The number of para-hydroxylation sites is 3. The van der Waals surface area contributed by atoms with E-state index in [1.165, 1.54) is 48.4 Å². The smallest absolute Gasteiger partial charge is 0.135 e. The molecule has 0 radical (unpaired) electrons. The van der Waals surface area contributed by atoms with Crippen LogP contribution in [-0.2, 0) is 0 Å². The second kappa shape index (κ2) is 6.31. The quantitative estimate of drug-likeness (QED) is 0.254. The Morgan fingerprint density at radius 3 is 2.24 bits per heavy atom. The first-order valence-corrected chi connectivity index (χ1v) is 11.9. The number of furan rings is 1. The number of hydrogen-bond acceptors (Lipinski definition) is 2. The molecule has 1 aliphatic heterocycles. The zero-order valence-electron chi connectivity index (χ0n) is 17.6. The first kappa shape index (κ1) is 17.6. The summed E-state index contributed by atoms with van der Waals surface area (Å²) in [6, 6.07) is 37.0. The van der Waals surface area contributed by atoms with Crippen LogP contribution in [0.2, 0.25) is 0 Å². The summed E-state index contributed by atoms with van der Waals surface area (Å²) in [7, 11) is 0. The summed E-state index contributed by atoms with van der Waals surface area (Å²) in [6.45, 7) is 0. The maximum atomic E-state index is 6.04. The molecule has 3 heteroatoms. The maximum Gasteiger partial charge on any atom is 0.135 e. The van der Waals surface area contributed by atoms with Gasteiger partial charge in [0.05, 0.1) is 16.7 Å². The fourth-order valence-corrected chi connectivity index (χ4v) is 6.39. The summed E-state index contributed by atoms with van der Waals surface area (Å²) in [5.74, 6) is 0. The molecule has 0 spiro atoms. The lowest BCUT2D eigenvalue weighted by atomic mass is 10.0. The molecule has 0 fully saturated rings. The number of aromatic nitrogens is 1. The van der Waals surface area contributed by atoms with Gasteiger partial charge >= 0.3 is 0 Å². The van der Waals surface area contributed by atoms with Crippen LogP contribution in [0.1, 0.15) is 0 Å². The molecular weight excluding hydrogens is 422 g/mol. The van der Waals surface area contributed by atoms with E-state index in [9.17, 15) is 0 Å². The molecule has 0 amide bonds. The van der Waals surface area contributed by atoms with E-state index >= 15 is 0 Å². The van der Waals surface area contributed by atoms with Gasteiger partial charge in [-0.1, -0.05) is 66.4 Å². The molecule has 1 aliphatic rings. The summed E-state index contributed by atoms with van der Waals surface area (Å²) in [6.07, 6.45) is 0. The second-order valence-corrected chi connectivity index (χ2v) is 9.68. The lowest BCUT2D eigenvalue weighted by molar-refractivity contribution is 0.669. The second-order valence-electron chi connectivity index (χ2n) is 8.60. The number of benzene rings is 5. The number of nitrogens with zero attached hydrogens (tertiary/aromatic N) is 1. The highest BCUT2D eigenvalue weighted by Gasteiger charge is 2.22. The highest BCUT2D eigenvalue weighted by molar-refractivity contribution is 7.99. The van der Waals surface area contributed by atoms with Crippen LogP contribution in [0, 0.1) is 0 Å². The maximum absolute atomic E-state index is 6.04. The Labute approximate surface area is 194 Å². The normalized spacial score (nSPS) is 12.7. The molecule has 0 saturated heterocycles. The minimum Gasteiger partial charge on any atom is -0.456 e. The predicted octanol–water partition coefficient (Wildman–Crippen LogP) is 8.81. The van der Waals surface area contributed by atoms with Crippen LogP contribution in [0.15, 0.2) is 117 Å². The molecule has 2 aromatic heterocycles. The first-order chi connectivity index (χ1) is 16.3. The van der Waals surface area contributed by atoms with Gasteiger partial charge in [0.25, 0.3) is 0 Å². The van der Waals surface area contributed by atoms with E-state index in [0.29, 0.717) is 0 Å². The summed E-state index contributed by atoms with van der Waals surface area (Å²) < 4.78 is 8.47. The van der Waals surface area contributed by atoms with Crippen molar-refractivity contribution in [1.29, 1.82) is 0 Å². The van der Waals surface area contributed by atoms with Crippen LogP contribution in [0.5, 0.6) is 0 Å². The van der Waals surface area contributed by atoms with E-state index in [2.05, 4.69) is 95.6 Å². The molecule has 154 valence electrons. The molecule has 8 rings (SSSR count). The Hall–Kier alpha value is -3.95. The average Bonchev–Trinajstić information content (AvgIpc) is 3.41. The van der Waals surface area contributed by atoms with Crippen LogP contribution >= 0.6 is 11.8 Å². The number of fused-ring (bicyclic) bond motifs is 8. The Balaban J connectivity index is 1.41. The van der Waals surface area contributed by atoms with Gasteiger partial charge in [0.2, 0.25) is 0 Å². The van der Waals surface area contributed by atoms with Crippen LogP contribution in [0.4, 0.5) is 0 Å². The standard InChI is InChI=1S/C30H17NOS/c1-3-9-26-20(6-1)23-17-19(13-15-27(23)32-26)18-12-14-24-22(16-18)21-7-5-11-29-30(21)31(24)25-8-2-4-10-28(25)33-29/h1-17H. The van der Waals surface area contributed by atoms with Crippen molar-refractivity contribution in [2.45, 2.75) is 9.79 Å². The lowest BCUT2D eigenvalue weighted by Gasteiger charge is -2.19. The van der Waals surface area contributed by atoms with E-state index < -0.39 is 0 Å². The fourth-order valence-electron chi connectivity index (χ4n) is 5.30. The highest BCUT2D eigenvalue weighted by Crippen LogP contribution is 2.47. The van der Waals surface area contributed by atoms with Crippen molar-refractivity contribution in [3.8, 4) is 16.8 Å². The van der Waals surface area contributed by atoms with Crippen molar-refractivity contribution in [2.24, 2.45) is 0 Å². The highest BCUT2D eigenvalue weighted by atomic mass is 32.2. The summed E-state index contributed by atoms with van der Waals surface area (Å²) >= 11 is 1.86. The first-order valence-electron chi connectivity index (χ1n) is 11.1. The molecule has 0 unspecified atom stereocenters. The van der Waals surface area contributed by atoms with Crippen LogP contribution in [0.3, 0.4) is 0 Å². The van der Waals surface area contributed by atoms with E-state index in [1.807, 2.05) is 23.9 Å². The van der Waals surface area contributed by atoms with Gasteiger partial charge in [0.1, 0.15) is 11.2 Å². The van der Waals surface area contributed by atoms with Crippen molar-refractivity contribution < 1.29 is 4.42 Å². The van der Waals surface area contributed by atoms with Gasteiger partial charge in [0.15, 0.2) is 0 Å². The van der Waals surface area contributed by atoms with Crippen molar-refractivity contribution in [1.82, 2.24) is 4.57 Å². The van der Waals surface area contributed by atoms with Crippen LogP contribution in [0.25, 0.3) is 60.6 Å². The molecule has 0 bridgehead atoms. The summed E-state index contributed by atoms with van der Waals surface area (Å²) in [4.78, 5) is 2.62. The van der Waals surface area contributed by atoms with Crippen LogP contribution in [-0.4, -0.2) is 4.57 Å². The Bertz CT molecular complexity index is 1910. The minimum absolute atomic E-state index is 0.932. The molecule has 0 saturated carbocycles. The Morgan fingerprint density at radius 2 is 1.27 bits per heavy atom. The molecule has 0 aliphatic carbocycles. The van der Waals surface area contributed by atoms with Crippen LogP contribution < -0.4 is 0 Å². The van der Waals surface area contributed by atoms with Crippen molar-refractivity contribution in [3.63, 3.8) is 0 Å². The van der Waals surface area contributed by atoms with Gasteiger partial charge in [-0.3, -0.25) is 0 Å². The van der Waals surface area contributed by atoms with Gasteiger partial charge < -0.3 is 8.98 Å². The third-order valence-electron chi connectivity index (χ3n) is 6.79. The lowest BCUT2D eigenvalue weighted by Crippen LogP contribution is -2.00. The topological polar surface area (TPSA) is 18.1 Å². The number of hydrogen-bond donors (Lipinski definition) is 0. The molecular formula is C30H17NOS. The van der Waals surface area contributed by atoms with E-state index in [-0.39, 0.29) is 0 Å². The minimum atomic E-state index is 0.932. The molecule has 5 aromatic carbocycles. The average molecular weight is 440 g/mol. The molecule has 0 atom stereocenters. The van der Waals surface area contributed by atoms with Crippen molar-refractivity contribution in [3.05, 3.63) is 103 Å².